The second-order valence-corrected chi connectivity index (χ2v) is 6.34. The summed E-state index contributed by atoms with van der Waals surface area (Å²) in [7, 11) is 1.56. The van der Waals surface area contributed by atoms with Gasteiger partial charge in [0.25, 0.3) is 0 Å². The highest BCUT2D eigenvalue weighted by molar-refractivity contribution is 7.78. The van der Waals surface area contributed by atoms with E-state index in [9.17, 15) is 4.21 Å². The zero-order chi connectivity index (χ0) is 17.8. The summed E-state index contributed by atoms with van der Waals surface area (Å²) in [5.74, 6) is 1.06. The fraction of sp³-hybridized carbons (Fsp3) is 0.111. The Labute approximate surface area is 148 Å². The molecule has 0 amide bonds. The van der Waals surface area contributed by atoms with Crippen molar-refractivity contribution in [1.29, 1.82) is 0 Å². The van der Waals surface area contributed by atoms with Gasteiger partial charge in [-0.2, -0.15) is 0 Å². The predicted molar refractivity (Wildman–Crippen MR) is 98.3 cm³/mol. The molecule has 0 aliphatic heterocycles. The molecule has 3 N–H and O–H groups in total. The van der Waals surface area contributed by atoms with Crippen molar-refractivity contribution in [2.24, 2.45) is 0 Å². The van der Waals surface area contributed by atoms with E-state index in [2.05, 4.69) is 9.97 Å². The molecule has 2 aromatic heterocycles. The molecule has 0 aliphatic rings. The van der Waals surface area contributed by atoms with Crippen LogP contribution >= 0.6 is 0 Å². The molecule has 7 heteroatoms. The van der Waals surface area contributed by atoms with E-state index in [0.717, 1.165) is 27.8 Å². The van der Waals surface area contributed by atoms with Crippen LogP contribution in [0.25, 0.3) is 22.3 Å². The molecular weight excluding hydrogens is 338 g/mol. The van der Waals surface area contributed by atoms with Gasteiger partial charge in [-0.25, -0.2) is 14.2 Å². The fourth-order valence-electron chi connectivity index (χ4n) is 2.46. The van der Waals surface area contributed by atoms with E-state index in [0.29, 0.717) is 11.7 Å². The highest BCUT2D eigenvalue weighted by Crippen LogP contribution is 2.30. The number of nitrogens with two attached hydrogens (primary N) is 1. The molecule has 0 spiro atoms. The molecule has 0 aliphatic carbocycles. The van der Waals surface area contributed by atoms with Crippen molar-refractivity contribution in [1.82, 2.24) is 9.97 Å². The number of hydrogen-bond acceptors (Lipinski definition) is 5. The van der Waals surface area contributed by atoms with E-state index < -0.39 is 11.1 Å². The Balaban J connectivity index is 1.94. The van der Waals surface area contributed by atoms with Gasteiger partial charge in [0, 0.05) is 35.2 Å². The minimum absolute atomic E-state index is 0.114. The number of pyridine rings is 2. The normalized spacial score (nSPS) is 11.9. The number of aromatic nitrogens is 2. The first-order chi connectivity index (χ1) is 12.1. The second-order valence-electron chi connectivity index (χ2n) is 5.41. The van der Waals surface area contributed by atoms with Gasteiger partial charge in [-0.15, -0.1) is 0 Å². The van der Waals surface area contributed by atoms with Crippen LogP contribution in [0.15, 0.2) is 54.9 Å². The zero-order valence-electron chi connectivity index (χ0n) is 13.5. The summed E-state index contributed by atoms with van der Waals surface area (Å²) in [6, 6.07) is 13.0. The van der Waals surface area contributed by atoms with E-state index in [1.165, 1.54) is 0 Å². The van der Waals surface area contributed by atoms with Crippen LogP contribution in [0.2, 0.25) is 0 Å². The molecule has 6 nitrogen and oxygen atoms in total. The van der Waals surface area contributed by atoms with E-state index in [1.54, 1.807) is 25.6 Å². The van der Waals surface area contributed by atoms with E-state index >= 15 is 0 Å². The summed E-state index contributed by atoms with van der Waals surface area (Å²) in [4.78, 5) is 8.47. The maximum Gasteiger partial charge on any atom is 0.212 e. The molecule has 128 valence electrons. The number of anilines is 1. The molecule has 1 unspecified atom stereocenters. The highest BCUT2D eigenvalue weighted by atomic mass is 32.2. The van der Waals surface area contributed by atoms with E-state index in [1.807, 2.05) is 36.4 Å². The van der Waals surface area contributed by atoms with Gasteiger partial charge < -0.3 is 15.0 Å². The SMILES string of the molecule is COc1ccc(-c2cc(-c3ccc(CS(=O)O)cc3)cnc2N)cn1. The van der Waals surface area contributed by atoms with Crippen molar-refractivity contribution < 1.29 is 13.5 Å². The number of nitrogen functional groups attached to an aromatic ring is 1. The summed E-state index contributed by atoms with van der Waals surface area (Å²) in [6.07, 6.45) is 3.39. The van der Waals surface area contributed by atoms with Crippen LogP contribution in [0.5, 0.6) is 5.88 Å². The lowest BCUT2D eigenvalue weighted by Gasteiger charge is -2.09. The van der Waals surface area contributed by atoms with Gasteiger partial charge in [-0.1, -0.05) is 24.3 Å². The van der Waals surface area contributed by atoms with E-state index in [4.69, 9.17) is 15.0 Å². The van der Waals surface area contributed by atoms with Crippen molar-refractivity contribution in [3.05, 3.63) is 60.4 Å². The first-order valence-electron chi connectivity index (χ1n) is 7.49. The van der Waals surface area contributed by atoms with Crippen LogP contribution in [0.1, 0.15) is 5.56 Å². The summed E-state index contributed by atoms with van der Waals surface area (Å²) < 4.78 is 24.9. The average molecular weight is 355 g/mol. The number of ether oxygens (including phenoxy) is 1. The van der Waals surface area contributed by atoms with Crippen molar-refractivity contribution in [3.63, 3.8) is 0 Å². The lowest BCUT2D eigenvalue weighted by atomic mass is 10.0. The number of hydrogen-bond donors (Lipinski definition) is 2. The summed E-state index contributed by atoms with van der Waals surface area (Å²) in [5.41, 5.74) is 10.3. The Kier molecular flexibility index (Phi) is 5.06. The molecule has 3 rings (SSSR count). The molecule has 1 aromatic carbocycles. The molecule has 0 saturated carbocycles. The number of benzene rings is 1. The Hall–Kier alpha value is -2.77. The minimum Gasteiger partial charge on any atom is -0.481 e. The number of rotatable bonds is 5. The van der Waals surface area contributed by atoms with Gasteiger partial charge in [0.15, 0.2) is 11.1 Å². The number of methoxy groups -OCH3 is 1. The Morgan fingerprint density at radius 3 is 2.32 bits per heavy atom. The van der Waals surface area contributed by atoms with Crippen molar-refractivity contribution in [2.75, 3.05) is 12.8 Å². The van der Waals surface area contributed by atoms with E-state index in [-0.39, 0.29) is 5.75 Å². The Morgan fingerprint density at radius 2 is 1.72 bits per heavy atom. The molecule has 0 fully saturated rings. The van der Waals surface area contributed by atoms with Gasteiger partial charge in [-0.3, -0.25) is 0 Å². The van der Waals surface area contributed by atoms with Gasteiger partial charge in [0.05, 0.1) is 12.9 Å². The predicted octanol–water partition coefficient (Wildman–Crippen LogP) is 3.12. The van der Waals surface area contributed by atoms with Gasteiger partial charge >= 0.3 is 0 Å². The Morgan fingerprint density at radius 1 is 1.04 bits per heavy atom. The quantitative estimate of drug-likeness (QED) is 0.682. The molecule has 0 saturated heterocycles. The highest BCUT2D eigenvalue weighted by Gasteiger charge is 2.08. The molecule has 3 aromatic rings. The third kappa shape index (κ3) is 4.01. The lowest BCUT2D eigenvalue weighted by Crippen LogP contribution is -1.96. The van der Waals surface area contributed by atoms with Crippen molar-refractivity contribution in [2.45, 2.75) is 5.75 Å². The number of nitrogens with zero attached hydrogens (tertiary/aromatic N) is 2. The van der Waals surface area contributed by atoms with Crippen molar-refractivity contribution >= 4 is 16.9 Å². The first-order valence-corrected chi connectivity index (χ1v) is 8.77. The zero-order valence-corrected chi connectivity index (χ0v) is 14.4. The van der Waals surface area contributed by atoms with Crippen LogP contribution in [-0.4, -0.2) is 25.8 Å². The second kappa shape index (κ2) is 7.42. The third-order valence-electron chi connectivity index (χ3n) is 3.75. The molecule has 0 bridgehead atoms. The topological polar surface area (TPSA) is 98.3 Å². The summed E-state index contributed by atoms with van der Waals surface area (Å²) in [5, 5.41) is 0. The van der Waals surface area contributed by atoms with Gasteiger partial charge in [-0.05, 0) is 23.3 Å². The maximum absolute atomic E-state index is 10.9. The largest absolute Gasteiger partial charge is 0.481 e. The van der Waals surface area contributed by atoms with Crippen LogP contribution in [-0.2, 0) is 16.8 Å². The van der Waals surface area contributed by atoms with Gasteiger partial charge in [0.2, 0.25) is 5.88 Å². The molecule has 2 heterocycles. The molecule has 0 radical (unpaired) electrons. The minimum atomic E-state index is -1.85. The summed E-state index contributed by atoms with van der Waals surface area (Å²) >= 11 is -1.85. The van der Waals surface area contributed by atoms with Crippen LogP contribution in [0.3, 0.4) is 0 Å². The standard InChI is InChI=1S/C18H17N3O3S/c1-24-17-7-6-14(9-20-17)16-8-15(10-21-18(16)19)13-4-2-12(3-5-13)11-25(22)23/h2-10H,11H2,1H3,(H2,19,21)(H,22,23). The van der Waals surface area contributed by atoms with Crippen molar-refractivity contribution in [3.8, 4) is 28.1 Å². The first kappa shape index (κ1) is 17.1. The van der Waals surface area contributed by atoms with Crippen LogP contribution in [0.4, 0.5) is 5.82 Å². The average Bonchev–Trinajstić information content (AvgIpc) is 2.62. The van der Waals surface area contributed by atoms with Crippen LogP contribution < -0.4 is 10.5 Å². The molecular formula is C18H17N3O3S. The monoisotopic (exact) mass is 355 g/mol. The molecule has 25 heavy (non-hydrogen) atoms. The maximum atomic E-state index is 10.9. The Bertz CT molecular complexity index is 896. The fourth-order valence-corrected chi connectivity index (χ4v) is 2.94. The smallest absolute Gasteiger partial charge is 0.212 e. The van der Waals surface area contributed by atoms with Gasteiger partial charge in [0.1, 0.15) is 5.82 Å². The lowest BCUT2D eigenvalue weighted by molar-refractivity contribution is 0.398. The molecule has 1 atom stereocenters. The summed E-state index contributed by atoms with van der Waals surface area (Å²) in [6.45, 7) is 0. The van der Waals surface area contributed by atoms with Crippen LogP contribution in [0, 0.1) is 0 Å². The third-order valence-corrected chi connectivity index (χ3v) is 4.33.